The number of nitrogens with two attached hydrogens (primary N) is 1. The van der Waals surface area contributed by atoms with Gasteiger partial charge in [-0.2, -0.15) is 5.10 Å². The van der Waals surface area contributed by atoms with E-state index in [-0.39, 0.29) is 11.9 Å². The third-order valence-electron chi connectivity index (χ3n) is 7.51. The zero-order valence-corrected chi connectivity index (χ0v) is 19.4. The van der Waals surface area contributed by atoms with Crippen LogP contribution in [0.25, 0.3) is 0 Å². The van der Waals surface area contributed by atoms with Gasteiger partial charge in [-0.1, -0.05) is 18.2 Å². The summed E-state index contributed by atoms with van der Waals surface area (Å²) in [6.45, 7) is 5.30. The number of fused-ring (bicyclic) bond motifs is 2. The highest BCUT2D eigenvalue weighted by atomic mass is 16.1. The molecule has 3 aromatic rings. The van der Waals surface area contributed by atoms with E-state index >= 15 is 0 Å². The van der Waals surface area contributed by atoms with Gasteiger partial charge < -0.3 is 16.0 Å². The van der Waals surface area contributed by atoms with E-state index in [2.05, 4.69) is 49.5 Å². The van der Waals surface area contributed by atoms with Gasteiger partial charge in [0, 0.05) is 43.3 Å². The highest BCUT2D eigenvalue weighted by Crippen LogP contribution is 2.30. The summed E-state index contributed by atoms with van der Waals surface area (Å²) < 4.78 is 1.83. The van der Waals surface area contributed by atoms with Crippen LogP contribution in [0, 0.1) is 0 Å². The van der Waals surface area contributed by atoms with Gasteiger partial charge in [-0.25, -0.2) is 4.98 Å². The zero-order valence-electron chi connectivity index (χ0n) is 19.4. The Balaban J connectivity index is 1.07. The fraction of sp³-hybridized carbons (Fsp3) is 0.423. The second-order valence-corrected chi connectivity index (χ2v) is 9.71. The number of carbonyl (C=O) groups excluding carboxylic acids is 1. The van der Waals surface area contributed by atoms with Gasteiger partial charge in [-0.3, -0.25) is 14.4 Å². The van der Waals surface area contributed by atoms with Crippen molar-refractivity contribution < 1.29 is 4.79 Å². The minimum absolute atomic E-state index is 0.0300. The van der Waals surface area contributed by atoms with E-state index in [0.717, 1.165) is 37.2 Å². The molecule has 1 aromatic carbocycles. The number of nitrogens with zero attached hydrogens (tertiary/aromatic N) is 5. The molecule has 2 unspecified atom stereocenters. The predicted molar refractivity (Wildman–Crippen MR) is 132 cm³/mol. The number of nitrogens with one attached hydrogen (secondary N) is 1. The molecule has 2 aliphatic heterocycles. The molecular weight excluding hydrogens is 426 g/mol. The van der Waals surface area contributed by atoms with Crippen molar-refractivity contribution in [1.29, 1.82) is 0 Å². The van der Waals surface area contributed by atoms with Gasteiger partial charge in [0.2, 0.25) is 0 Å². The summed E-state index contributed by atoms with van der Waals surface area (Å²) in [5, 5.41) is 7.55. The summed E-state index contributed by atoms with van der Waals surface area (Å²) in [4.78, 5) is 22.4. The van der Waals surface area contributed by atoms with Gasteiger partial charge in [0.05, 0.1) is 24.3 Å². The maximum Gasteiger partial charge on any atom is 0.254 e. The summed E-state index contributed by atoms with van der Waals surface area (Å²) in [7, 11) is 0. The van der Waals surface area contributed by atoms with Gasteiger partial charge in [0.15, 0.2) is 0 Å². The monoisotopic (exact) mass is 457 g/mol. The lowest BCUT2D eigenvalue weighted by Crippen LogP contribution is -2.50. The van der Waals surface area contributed by atoms with Crippen LogP contribution in [0.3, 0.4) is 0 Å². The molecule has 4 heterocycles. The molecule has 2 atom stereocenters. The van der Waals surface area contributed by atoms with Gasteiger partial charge >= 0.3 is 0 Å². The first kappa shape index (κ1) is 21.2. The number of benzene rings is 1. The first-order chi connectivity index (χ1) is 16.6. The summed E-state index contributed by atoms with van der Waals surface area (Å²) >= 11 is 0. The fourth-order valence-corrected chi connectivity index (χ4v) is 5.67. The standard InChI is InChI=1S/C26H31N7O/c27-25-10-7-22-23(29-25)8-9-24(22)30-26(34)19-14-28-33(16-19)15-18-3-5-20(6-4-18)32-13-12-31-11-1-2-21(31)17-32/h3-7,10,14,16,21,24H,1-2,8-9,11-13,15,17H2,(H2,27,29)(H,30,34). The number of hydrogen-bond acceptors (Lipinski definition) is 6. The van der Waals surface area contributed by atoms with Crippen molar-refractivity contribution in [3.05, 3.63) is 71.2 Å². The number of piperazine rings is 1. The van der Waals surface area contributed by atoms with Crippen molar-refractivity contribution >= 4 is 17.4 Å². The average Bonchev–Trinajstić information content (AvgIpc) is 3.59. The number of nitrogen functional groups attached to an aromatic ring is 1. The van der Waals surface area contributed by atoms with Crippen molar-refractivity contribution in [3.8, 4) is 0 Å². The van der Waals surface area contributed by atoms with Crippen LogP contribution < -0.4 is 16.0 Å². The van der Waals surface area contributed by atoms with Gasteiger partial charge in [-0.15, -0.1) is 0 Å². The molecule has 34 heavy (non-hydrogen) atoms. The molecule has 0 spiro atoms. The first-order valence-corrected chi connectivity index (χ1v) is 12.3. The third-order valence-corrected chi connectivity index (χ3v) is 7.51. The number of hydrogen-bond donors (Lipinski definition) is 2. The van der Waals surface area contributed by atoms with Crippen molar-refractivity contribution in [3.63, 3.8) is 0 Å². The van der Waals surface area contributed by atoms with Gasteiger partial charge in [0.1, 0.15) is 5.82 Å². The molecule has 2 saturated heterocycles. The van der Waals surface area contributed by atoms with Crippen LogP contribution in [0.15, 0.2) is 48.8 Å². The molecule has 8 nitrogen and oxygen atoms in total. The summed E-state index contributed by atoms with van der Waals surface area (Å²) in [6.07, 6.45) is 7.79. The zero-order chi connectivity index (χ0) is 23.1. The summed E-state index contributed by atoms with van der Waals surface area (Å²) in [6, 6.07) is 13.2. The van der Waals surface area contributed by atoms with Crippen molar-refractivity contribution in [2.45, 2.75) is 44.3 Å². The lowest BCUT2D eigenvalue weighted by atomic mass is 10.1. The Bertz CT molecular complexity index is 1190. The van der Waals surface area contributed by atoms with Crippen LogP contribution in [-0.2, 0) is 13.0 Å². The molecule has 1 aliphatic carbocycles. The maximum atomic E-state index is 12.8. The minimum Gasteiger partial charge on any atom is -0.384 e. The molecule has 8 heteroatoms. The number of aryl methyl sites for hydroxylation is 1. The van der Waals surface area contributed by atoms with Crippen LogP contribution in [0.5, 0.6) is 0 Å². The lowest BCUT2D eigenvalue weighted by Gasteiger charge is -2.38. The highest BCUT2D eigenvalue weighted by molar-refractivity contribution is 5.94. The molecule has 3 aliphatic rings. The SMILES string of the molecule is Nc1ccc2c(n1)CCC2NC(=O)c1cnn(Cc2ccc(N3CCN4CCCC4C3)cc2)c1. The molecule has 2 fully saturated rings. The van der Waals surface area contributed by atoms with E-state index in [0.29, 0.717) is 24.0 Å². The Labute approximate surface area is 199 Å². The number of anilines is 2. The molecule has 3 N–H and O–H groups in total. The summed E-state index contributed by atoms with van der Waals surface area (Å²) in [5.41, 5.74) is 10.9. The highest BCUT2D eigenvalue weighted by Gasteiger charge is 2.30. The van der Waals surface area contributed by atoms with Crippen LogP contribution in [-0.4, -0.2) is 57.8 Å². The van der Waals surface area contributed by atoms with E-state index in [4.69, 9.17) is 5.73 Å². The van der Waals surface area contributed by atoms with E-state index in [9.17, 15) is 4.79 Å². The molecule has 0 radical (unpaired) electrons. The van der Waals surface area contributed by atoms with Crippen LogP contribution >= 0.6 is 0 Å². The smallest absolute Gasteiger partial charge is 0.254 e. The Kier molecular flexibility index (Phi) is 5.45. The quantitative estimate of drug-likeness (QED) is 0.612. The number of carbonyl (C=O) groups is 1. The molecular formula is C26H31N7O. The van der Waals surface area contributed by atoms with Crippen molar-refractivity contribution in [2.75, 3.05) is 36.8 Å². The Morgan fingerprint density at radius 3 is 2.85 bits per heavy atom. The Morgan fingerprint density at radius 1 is 1.09 bits per heavy atom. The summed E-state index contributed by atoms with van der Waals surface area (Å²) in [5.74, 6) is 0.416. The molecule has 6 rings (SSSR count). The van der Waals surface area contributed by atoms with E-state index < -0.39 is 0 Å². The number of rotatable bonds is 5. The number of amides is 1. The predicted octanol–water partition coefficient (Wildman–Crippen LogP) is 2.61. The Morgan fingerprint density at radius 2 is 1.97 bits per heavy atom. The number of aromatic nitrogens is 3. The maximum absolute atomic E-state index is 12.8. The van der Waals surface area contributed by atoms with Crippen LogP contribution in [0.2, 0.25) is 0 Å². The van der Waals surface area contributed by atoms with Crippen LogP contribution in [0.4, 0.5) is 11.5 Å². The Hall–Kier alpha value is -3.39. The second kappa shape index (κ2) is 8.76. The van der Waals surface area contributed by atoms with E-state index in [1.165, 1.54) is 37.2 Å². The van der Waals surface area contributed by atoms with Gasteiger partial charge in [0.25, 0.3) is 5.91 Å². The molecule has 1 amide bonds. The lowest BCUT2D eigenvalue weighted by molar-refractivity contribution is 0.0936. The largest absolute Gasteiger partial charge is 0.384 e. The van der Waals surface area contributed by atoms with Crippen LogP contribution in [0.1, 0.15) is 52.5 Å². The van der Waals surface area contributed by atoms with Gasteiger partial charge in [-0.05, 0) is 61.6 Å². The third kappa shape index (κ3) is 4.14. The van der Waals surface area contributed by atoms with E-state index in [1.807, 2.05) is 16.9 Å². The van der Waals surface area contributed by atoms with Crippen molar-refractivity contribution in [1.82, 2.24) is 25.0 Å². The molecule has 0 saturated carbocycles. The second-order valence-electron chi connectivity index (χ2n) is 9.71. The minimum atomic E-state index is -0.109. The molecule has 2 aromatic heterocycles. The van der Waals surface area contributed by atoms with Crippen molar-refractivity contribution in [2.24, 2.45) is 0 Å². The normalized spacial score (nSPS) is 21.9. The molecule has 176 valence electrons. The topological polar surface area (TPSA) is 92.3 Å². The molecule has 0 bridgehead atoms. The fourth-order valence-electron chi connectivity index (χ4n) is 5.67. The average molecular weight is 458 g/mol. The number of pyridine rings is 1. The van der Waals surface area contributed by atoms with E-state index in [1.54, 1.807) is 12.3 Å². The first-order valence-electron chi connectivity index (χ1n) is 12.3.